The molecule has 2 aliphatic heterocycles. The van der Waals surface area contributed by atoms with Crippen LogP contribution in [0.2, 0.25) is 0 Å². The molecule has 2 aromatic rings. The highest BCUT2D eigenvalue weighted by Gasteiger charge is 2.49. The number of nitrogens with zero attached hydrogens (tertiary/aromatic N) is 4. The first-order chi connectivity index (χ1) is 17.8. The second-order valence-electron chi connectivity index (χ2n) is 9.15. The van der Waals surface area contributed by atoms with E-state index in [0.717, 1.165) is 5.56 Å². The number of carbonyl (C=O) groups excluding carboxylic acids is 2. The standard InChI is InChI=1S/C26H32FN5O5/c1-29-16-24(33)32-22(13-25(34)35)26(36)30(11-12-37-17-20-9-5-6-10-21(20)27)15-23(32)31(29)18-28-14-19-7-3-2-4-8-19/h2-10,22-23,28H,11-18H2,1H3,(H,34,35)/t22-,23+/m0/s1. The van der Waals surface area contributed by atoms with Crippen molar-refractivity contribution in [3.8, 4) is 0 Å². The number of hydrogen-bond donors (Lipinski definition) is 2. The minimum atomic E-state index is -1.16. The van der Waals surface area contributed by atoms with Crippen LogP contribution in [0, 0.1) is 5.82 Å². The summed E-state index contributed by atoms with van der Waals surface area (Å²) in [7, 11) is 1.80. The minimum Gasteiger partial charge on any atom is -0.481 e. The van der Waals surface area contributed by atoms with E-state index in [1.54, 1.807) is 30.3 Å². The van der Waals surface area contributed by atoms with Gasteiger partial charge in [0.2, 0.25) is 11.8 Å². The molecule has 2 N–H and O–H groups in total. The van der Waals surface area contributed by atoms with E-state index in [0.29, 0.717) is 18.8 Å². The van der Waals surface area contributed by atoms with E-state index < -0.39 is 30.5 Å². The molecule has 0 aliphatic carbocycles. The molecule has 0 bridgehead atoms. The number of hydrazine groups is 1. The zero-order chi connectivity index (χ0) is 26.4. The van der Waals surface area contributed by atoms with Gasteiger partial charge in [-0.1, -0.05) is 48.5 Å². The second-order valence-corrected chi connectivity index (χ2v) is 9.15. The zero-order valence-corrected chi connectivity index (χ0v) is 20.8. The van der Waals surface area contributed by atoms with Gasteiger partial charge in [0.1, 0.15) is 18.0 Å². The van der Waals surface area contributed by atoms with Gasteiger partial charge in [0.05, 0.1) is 39.4 Å². The van der Waals surface area contributed by atoms with Crippen LogP contribution in [0.5, 0.6) is 0 Å². The number of carboxylic acids is 1. The monoisotopic (exact) mass is 513 g/mol. The van der Waals surface area contributed by atoms with Gasteiger partial charge in [0.15, 0.2) is 0 Å². The molecule has 0 radical (unpaired) electrons. The van der Waals surface area contributed by atoms with Crippen molar-refractivity contribution >= 4 is 17.8 Å². The Bertz CT molecular complexity index is 1100. The Balaban J connectivity index is 1.45. The van der Waals surface area contributed by atoms with E-state index in [4.69, 9.17) is 4.74 Å². The summed E-state index contributed by atoms with van der Waals surface area (Å²) in [6.45, 7) is 1.63. The molecule has 2 heterocycles. The SMILES string of the molecule is CN1CC(=O)N2[C@@H](CC(=O)O)C(=O)N(CCOCc3ccccc3F)C[C@@H]2N1CNCc1ccccc1. The number of amides is 2. The maximum absolute atomic E-state index is 13.9. The van der Waals surface area contributed by atoms with Crippen molar-refractivity contribution in [3.05, 3.63) is 71.5 Å². The van der Waals surface area contributed by atoms with Crippen molar-refractivity contribution in [2.24, 2.45) is 0 Å². The largest absolute Gasteiger partial charge is 0.481 e. The van der Waals surface area contributed by atoms with E-state index in [-0.39, 0.29) is 44.6 Å². The number of benzene rings is 2. The normalized spacial score (nSPS) is 20.8. The van der Waals surface area contributed by atoms with E-state index in [1.165, 1.54) is 15.9 Å². The summed E-state index contributed by atoms with van der Waals surface area (Å²) in [4.78, 5) is 40.8. The molecule has 2 aromatic carbocycles. The first kappa shape index (κ1) is 26.7. The second kappa shape index (κ2) is 12.2. The van der Waals surface area contributed by atoms with E-state index in [9.17, 15) is 23.9 Å². The first-order valence-corrected chi connectivity index (χ1v) is 12.2. The van der Waals surface area contributed by atoms with Gasteiger partial charge < -0.3 is 19.6 Å². The van der Waals surface area contributed by atoms with Gasteiger partial charge in [0, 0.05) is 25.7 Å². The number of ether oxygens (including phenoxy) is 1. The van der Waals surface area contributed by atoms with Crippen LogP contribution < -0.4 is 5.32 Å². The summed E-state index contributed by atoms with van der Waals surface area (Å²) < 4.78 is 19.5. The highest BCUT2D eigenvalue weighted by molar-refractivity contribution is 5.92. The van der Waals surface area contributed by atoms with Gasteiger partial charge >= 0.3 is 5.97 Å². The van der Waals surface area contributed by atoms with Crippen LogP contribution in [-0.2, 0) is 32.3 Å². The molecule has 11 heteroatoms. The molecule has 2 fully saturated rings. The fraction of sp³-hybridized carbons (Fsp3) is 0.423. The Labute approximate surface area is 215 Å². The number of piperazine rings is 1. The molecule has 2 saturated heterocycles. The third-order valence-electron chi connectivity index (χ3n) is 6.61. The fourth-order valence-corrected chi connectivity index (χ4v) is 4.75. The van der Waals surface area contributed by atoms with Crippen molar-refractivity contribution in [2.45, 2.75) is 31.8 Å². The quantitative estimate of drug-likeness (QED) is 0.431. The van der Waals surface area contributed by atoms with Crippen molar-refractivity contribution in [1.29, 1.82) is 0 Å². The smallest absolute Gasteiger partial charge is 0.305 e. The number of halogens is 1. The molecule has 198 valence electrons. The third-order valence-corrected chi connectivity index (χ3v) is 6.61. The molecule has 2 atom stereocenters. The summed E-state index contributed by atoms with van der Waals surface area (Å²) in [5, 5.41) is 16.6. The number of carbonyl (C=O) groups is 3. The Morgan fingerprint density at radius 1 is 1.14 bits per heavy atom. The van der Waals surface area contributed by atoms with Crippen LogP contribution in [0.15, 0.2) is 54.6 Å². The van der Waals surface area contributed by atoms with Crippen LogP contribution in [-0.4, -0.2) is 94.9 Å². The molecule has 0 aromatic heterocycles. The summed E-state index contributed by atoms with van der Waals surface area (Å²) in [5.74, 6) is -2.24. The Kier molecular flexibility index (Phi) is 8.82. The Morgan fingerprint density at radius 2 is 1.86 bits per heavy atom. The number of nitrogens with one attached hydrogen (secondary N) is 1. The maximum Gasteiger partial charge on any atom is 0.305 e. The van der Waals surface area contributed by atoms with E-state index >= 15 is 0 Å². The predicted molar refractivity (Wildman–Crippen MR) is 132 cm³/mol. The molecular weight excluding hydrogens is 481 g/mol. The molecule has 2 amide bonds. The van der Waals surface area contributed by atoms with Crippen LogP contribution in [0.3, 0.4) is 0 Å². The number of fused-ring (bicyclic) bond motifs is 1. The van der Waals surface area contributed by atoms with Crippen LogP contribution >= 0.6 is 0 Å². The fourth-order valence-electron chi connectivity index (χ4n) is 4.75. The average Bonchev–Trinajstić information content (AvgIpc) is 2.87. The molecule has 0 unspecified atom stereocenters. The molecular formula is C26H32FN5O5. The number of carboxylic acid groups (broad SMARTS) is 1. The first-order valence-electron chi connectivity index (χ1n) is 12.2. The number of rotatable bonds is 11. The van der Waals surface area contributed by atoms with Crippen molar-refractivity contribution in [1.82, 2.24) is 25.1 Å². The molecule has 10 nitrogen and oxygen atoms in total. The summed E-state index contributed by atoms with van der Waals surface area (Å²) >= 11 is 0. The average molecular weight is 514 g/mol. The lowest BCUT2D eigenvalue weighted by atomic mass is 10.0. The number of likely N-dealkylation sites (N-methyl/N-ethyl adjacent to an activating group) is 1. The highest BCUT2D eigenvalue weighted by atomic mass is 19.1. The van der Waals surface area contributed by atoms with E-state index in [1.807, 2.05) is 35.3 Å². The summed E-state index contributed by atoms with van der Waals surface area (Å²) in [6, 6.07) is 15.1. The topological polar surface area (TPSA) is 106 Å². The van der Waals surface area contributed by atoms with Gasteiger partial charge in [-0.3, -0.25) is 19.7 Å². The lowest BCUT2D eigenvalue weighted by Crippen LogP contribution is -2.75. The van der Waals surface area contributed by atoms with Crippen LogP contribution in [0.4, 0.5) is 4.39 Å². The number of hydrogen-bond acceptors (Lipinski definition) is 7. The molecule has 0 saturated carbocycles. The van der Waals surface area contributed by atoms with Gasteiger partial charge in [-0.2, -0.15) is 0 Å². The Morgan fingerprint density at radius 3 is 2.59 bits per heavy atom. The lowest BCUT2D eigenvalue weighted by Gasteiger charge is -2.54. The van der Waals surface area contributed by atoms with Gasteiger partial charge in [0.25, 0.3) is 0 Å². The third kappa shape index (κ3) is 6.50. The maximum atomic E-state index is 13.9. The Hall–Kier alpha value is -3.38. The van der Waals surface area contributed by atoms with Crippen molar-refractivity contribution in [2.75, 3.05) is 40.0 Å². The van der Waals surface area contributed by atoms with Gasteiger partial charge in [-0.25, -0.2) is 14.4 Å². The summed E-state index contributed by atoms with van der Waals surface area (Å²) in [5.41, 5.74) is 1.52. The molecule has 37 heavy (non-hydrogen) atoms. The zero-order valence-electron chi connectivity index (χ0n) is 20.8. The molecule has 4 rings (SSSR count). The summed E-state index contributed by atoms with van der Waals surface area (Å²) in [6.07, 6.45) is -1.02. The van der Waals surface area contributed by atoms with Gasteiger partial charge in [-0.05, 0) is 11.6 Å². The molecule has 0 spiro atoms. The van der Waals surface area contributed by atoms with E-state index in [2.05, 4.69) is 5.32 Å². The predicted octanol–water partition coefficient (Wildman–Crippen LogP) is 1.09. The van der Waals surface area contributed by atoms with Crippen LogP contribution in [0.1, 0.15) is 17.5 Å². The van der Waals surface area contributed by atoms with Crippen molar-refractivity contribution < 1.29 is 28.6 Å². The lowest BCUT2D eigenvalue weighted by molar-refractivity contribution is -0.201. The highest BCUT2D eigenvalue weighted by Crippen LogP contribution is 2.26. The van der Waals surface area contributed by atoms with Crippen LogP contribution in [0.25, 0.3) is 0 Å². The van der Waals surface area contributed by atoms with Crippen molar-refractivity contribution in [3.63, 3.8) is 0 Å². The molecule has 2 aliphatic rings. The number of aliphatic carboxylic acids is 1. The minimum absolute atomic E-state index is 0.0403. The van der Waals surface area contributed by atoms with Gasteiger partial charge in [-0.15, -0.1) is 0 Å².